The van der Waals surface area contributed by atoms with Crippen LogP contribution in [0.25, 0.3) is 22.5 Å². The van der Waals surface area contributed by atoms with Gasteiger partial charge in [-0.15, -0.1) is 12.4 Å². The minimum Gasteiger partial charge on any atom is -0.444 e. The lowest BCUT2D eigenvalue weighted by Gasteiger charge is -2.20. The molecule has 0 saturated carbocycles. The standard InChI is InChI=1S/C16H19N3O2.C11H11N3.ClH/c1-16(2,3)21-15(20)17-11-12-7-4-5-8-13(12)14-9-6-10-18-19-14;12-8-9-4-1-2-5-10(9)11-6-3-7-13-14-11;/h4-10H,11H2,1-3H3,(H,17,20);1-7H,8,12H2;1H. The predicted molar refractivity (Wildman–Crippen MR) is 143 cm³/mol. The Morgan fingerprint density at radius 2 is 1.31 bits per heavy atom. The van der Waals surface area contributed by atoms with Crippen molar-refractivity contribution in [3.05, 3.63) is 96.3 Å². The van der Waals surface area contributed by atoms with Crippen LogP contribution in [0.2, 0.25) is 0 Å². The number of hydrogen-bond acceptors (Lipinski definition) is 7. The molecule has 0 aliphatic carbocycles. The van der Waals surface area contributed by atoms with E-state index in [4.69, 9.17) is 10.5 Å². The maximum Gasteiger partial charge on any atom is 0.407 e. The van der Waals surface area contributed by atoms with Gasteiger partial charge in [-0.2, -0.15) is 20.4 Å². The number of ether oxygens (including phenoxy) is 1. The van der Waals surface area contributed by atoms with Gasteiger partial charge in [-0.1, -0.05) is 48.5 Å². The monoisotopic (exact) mass is 506 g/mol. The van der Waals surface area contributed by atoms with Gasteiger partial charge in [0.15, 0.2) is 0 Å². The fourth-order valence-corrected chi connectivity index (χ4v) is 3.24. The van der Waals surface area contributed by atoms with Gasteiger partial charge in [0.2, 0.25) is 0 Å². The highest BCUT2D eigenvalue weighted by atomic mass is 35.5. The van der Waals surface area contributed by atoms with Crippen molar-refractivity contribution in [1.82, 2.24) is 25.7 Å². The van der Waals surface area contributed by atoms with Crippen molar-refractivity contribution in [2.45, 2.75) is 39.5 Å². The van der Waals surface area contributed by atoms with Crippen molar-refractivity contribution in [2.24, 2.45) is 5.73 Å². The first-order valence-electron chi connectivity index (χ1n) is 11.3. The summed E-state index contributed by atoms with van der Waals surface area (Å²) in [5.74, 6) is 0. The van der Waals surface area contributed by atoms with E-state index in [1.54, 1.807) is 12.4 Å². The predicted octanol–water partition coefficient (Wildman–Crippen LogP) is 5.19. The number of aromatic nitrogens is 4. The van der Waals surface area contributed by atoms with Crippen molar-refractivity contribution >= 4 is 18.5 Å². The first-order valence-corrected chi connectivity index (χ1v) is 11.3. The van der Waals surface area contributed by atoms with Crippen LogP contribution in [0.3, 0.4) is 0 Å². The molecule has 8 nitrogen and oxygen atoms in total. The van der Waals surface area contributed by atoms with E-state index in [0.29, 0.717) is 13.1 Å². The molecule has 2 heterocycles. The average Bonchev–Trinajstić information content (AvgIpc) is 2.88. The Balaban J connectivity index is 0.000000265. The maximum atomic E-state index is 11.7. The summed E-state index contributed by atoms with van der Waals surface area (Å²) in [5, 5.41) is 18.6. The van der Waals surface area contributed by atoms with E-state index < -0.39 is 11.7 Å². The van der Waals surface area contributed by atoms with Crippen LogP contribution in [0.1, 0.15) is 31.9 Å². The van der Waals surface area contributed by atoms with Crippen LogP contribution in [0.4, 0.5) is 4.79 Å². The van der Waals surface area contributed by atoms with Crippen molar-refractivity contribution in [1.29, 1.82) is 0 Å². The molecule has 2 aromatic carbocycles. The Kier molecular flexibility index (Phi) is 10.9. The second-order valence-electron chi connectivity index (χ2n) is 8.59. The van der Waals surface area contributed by atoms with Crippen molar-refractivity contribution in [3.63, 3.8) is 0 Å². The molecule has 0 spiro atoms. The molecule has 2 aromatic heterocycles. The van der Waals surface area contributed by atoms with Crippen LogP contribution >= 0.6 is 12.4 Å². The number of hydrogen-bond donors (Lipinski definition) is 2. The molecule has 0 aliphatic rings. The number of halogens is 1. The number of rotatable bonds is 5. The summed E-state index contributed by atoms with van der Waals surface area (Å²) in [6.45, 7) is 6.40. The van der Waals surface area contributed by atoms with Crippen LogP contribution < -0.4 is 11.1 Å². The fourth-order valence-electron chi connectivity index (χ4n) is 3.24. The van der Waals surface area contributed by atoms with Crippen LogP contribution in [-0.4, -0.2) is 32.1 Å². The number of benzene rings is 2. The molecule has 4 aromatic rings. The molecule has 9 heteroatoms. The van der Waals surface area contributed by atoms with Crippen LogP contribution in [0.5, 0.6) is 0 Å². The molecule has 0 unspecified atom stereocenters. The first kappa shape index (κ1) is 28.4. The minimum absolute atomic E-state index is 0. The number of nitrogens with one attached hydrogen (secondary N) is 1. The smallest absolute Gasteiger partial charge is 0.407 e. The Hall–Kier alpha value is -3.88. The molecule has 0 radical (unpaired) electrons. The van der Waals surface area contributed by atoms with E-state index in [1.165, 1.54) is 0 Å². The molecule has 0 saturated heterocycles. The summed E-state index contributed by atoms with van der Waals surface area (Å²) < 4.78 is 5.23. The van der Waals surface area contributed by atoms with E-state index in [0.717, 1.165) is 33.6 Å². The molecule has 36 heavy (non-hydrogen) atoms. The highest BCUT2D eigenvalue weighted by Gasteiger charge is 2.16. The zero-order chi connectivity index (χ0) is 25.1. The van der Waals surface area contributed by atoms with Crippen LogP contribution in [0, 0.1) is 0 Å². The summed E-state index contributed by atoms with van der Waals surface area (Å²) in [4.78, 5) is 11.7. The van der Waals surface area contributed by atoms with Gasteiger partial charge in [0, 0.05) is 36.6 Å². The largest absolute Gasteiger partial charge is 0.444 e. The minimum atomic E-state index is -0.505. The lowest BCUT2D eigenvalue weighted by molar-refractivity contribution is 0.0523. The number of nitrogens with two attached hydrogens (primary N) is 1. The van der Waals surface area contributed by atoms with Crippen molar-refractivity contribution in [3.8, 4) is 22.5 Å². The van der Waals surface area contributed by atoms with Gasteiger partial charge < -0.3 is 15.8 Å². The second kappa shape index (κ2) is 13.9. The van der Waals surface area contributed by atoms with Gasteiger partial charge in [-0.05, 0) is 56.2 Å². The third-order valence-electron chi connectivity index (χ3n) is 4.77. The van der Waals surface area contributed by atoms with Gasteiger partial charge in [0.05, 0.1) is 11.4 Å². The van der Waals surface area contributed by atoms with Crippen LogP contribution in [0.15, 0.2) is 85.2 Å². The topological polar surface area (TPSA) is 116 Å². The lowest BCUT2D eigenvalue weighted by atomic mass is 10.0. The zero-order valence-corrected chi connectivity index (χ0v) is 21.4. The molecule has 1 amide bonds. The summed E-state index contributed by atoms with van der Waals surface area (Å²) in [7, 11) is 0. The van der Waals surface area contributed by atoms with E-state index in [-0.39, 0.29) is 12.4 Å². The highest BCUT2D eigenvalue weighted by molar-refractivity contribution is 5.85. The van der Waals surface area contributed by atoms with Crippen molar-refractivity contribution < 1.29 is 9.53 Å². The van der Waals surface area contributed by atoms with Gasteiger partial charge in [-0.25, -0.2) is 4.79 Å². The maximum absolute atomic E-state index is 11.7. The average molecular weight is 507 g/mol. The summed E-state index contributed by atoms with van der Waals surface area (Å²) in [6.07, 6.45) is 2.86. The summed E-state index contributed by atoms with van der Waals surface area (Å²) >= 11 is 0. The van der Waals surface area contributed by atoms with E-state index >= 15 is 0 Å². The molecule has 3 N–H and O–H groups in total. The summed E-state index contributed by atoms with van der Waals surface area (Å²) in [5.41, 5.74) is 10.8. The first-order chi connectivity index (χ1) is 16.9. The Morgan fingerprint density at radius 1 is 0.806 bits per heavy atom. The molecule has 0 atom stereocenters. The Bertz CT molecular complexity index is 1220. The number of amides is 1. The van der Waals surface area contributed by atoms with E-state index in [1.807, 2.05) is 93.6 Å². The molecule has 0 fully saturated rings. The molecular formula is C27H31ClN6O2. The third-order valence-corrected chi connectivity index (χ3v) is 4.77. The zero-order valence-electron chi connectivity index (χ0n) is 20.6. The van der Waals surface area contributed by atoms with Crippen molar-refractivity contribution in [2.75, 3.05) is 0 Å². The molecular weight excluding hydrogens is 476 g/mol. The molecule has 0 bridgehead atoms. The van der Waals surface area contributed by atoms with E-state index in [2.05, 4.69) is 25.7 Å². The third kappa shape index (κ3) is 8.72. The lowest BCUT2D eigenvalue weighted by Crippen LogP contribution is -2.32. The van der Waals surface area contributed by atoms with E-state index in [9.17, 15) is 4.79 Å². The van der Waals surface area contributed by atoms with Crippen LogP contribution in [-0.2, 0) is 17.8 Å². The SMILES string of the molecule is CC(C)(C)OC(=O)NCc1ccccc1-c1cccnn1.Cl.NCc1ccccc1-c1cccnn1. The number of carbonyl (C=O) groups excluding carboxylic acids is 1. The van der Waals surface area contributed by atoms with Gasteiger partial charge in [0.25, 0.3) is 0 Å². The van der Waals surface area contributed by atoms with Gasteiger partial charge in [0.1, 0.15) is 5.60 Å². The molecule has 4 rings (SSSR count). The van der Waals surface area contributed by atoms with Gasteiger partial charge >= 0.3 is 6.09 Å². The number of alkyl carbamates (subject to hydrolysis) is 1. The summed E-state index contributed by atoms with van der Waals surface area (Å²) in [6, 6.07) is 23.2. The number of nitrogens with zero attached hydrogens (tertiary/aromatic N) is 4. The normalized spacial score (nSPS) is 10.3. The quantitative estimate of drug-likeness (QED) is 0.382. The van der Waals surface area contributed by atoms with Gasteiger partial charge in [-0.3, -0.25) is 0 Å². The second-order valence-corrected chi connectivity index (χ2v) is 8.59. The molecule has 188 valence electrons. The Morgan fingerprint density at radius 3 is 1.78 bits per heavy atom. The Labute approximate surface area is 217 Å². The number of carbonyl (C=O) groups is 1. The fraction of sp³-hybridized carbons (Fsp3) is 0.222. The highest BCUT2D eigenvalue weighted by Crippen LogP contribution is 2.21. The molecule has 0 aliphatic heterocycles.